The van der Waals surface area contributed by atoms with Gasteiger partial charge >= 0.3 is 0 Å². The molecule has 9 heteroatoms. The second kappa shape index (κ2) is 7.09. The molecule has 0 fully saturated rings. The summed E-state index contributed by atoms with van der Waals surface area (Å²) in [5.41, 5.74) is 2.05. The van der Waals surface area contributed by atoms with E-state index in [0.717, 1.165) is 12.3 Å². The summed E-state index contributed by atoms with van der Waals surface area (Å²) >= 11 is 0. The van der Waals surface area contributed by atoms with Gasteiger partial charge in [-0.3, -0.25) is 14.9 Å². The Bertz CT molecular complexity index is 802. The number of amides is 1. The minimum atomic E-state index is -0.840. The van der Waals surface area contributed by atoms with Gasteiger partial charge in [0.05, 0.1) is 18.2 Å². The van der Waals surface area contributed by atoms with Crippen molar-refractivity contribution in [2.45, 2.75) is 0 Å². The van der Waals surface area contributed by atoms with Crippen molar-refractivity contribution >= 4 is 17.8 Å². The van der Waals surface area contributed by atoms with E-state index >= 15 is 0 Å². The van der Waals surface area contributed by atoms with Gasteiger partial charge in [0.1, 0.15) is 11.5 Å². The molecule has 0 radical (unpaired) electrons. The maximum atomic E-state index is 11.8. The molecule has 0 aliphatic carbocycles. The number of carbonyl (C=O) groups excluding carboxylic acids is 1. The molecule has 0 spiro atoms. The molecule has 124 valence electrons. The van der Waals surface area contributed by atoms with Gasteiger partial charge in [0.2, 0.25) is 0 Å². The zero-order valence-corrected chi connectivity index (χ0v) is 12.4. The molecule has 0 aromatic heterocycles. The molecule has 1 amide bonds. The van der Waals surface area contributed by atoms with Crippen molar-refractivity contribution < 1.29 is 24.7 Å². The lowest BCUT2D eigenvalue weighted by molar-refractivity contribution is -0.398. The first-order chi connectivity index (χ1) is 11.4. The molecule has 0 aliphatic heterocycles. The number of nitrogens with zero attached hydrogens (tertiary/aromatic N) is 2. The van der Waals surface area contributed by atoms with Gasteiger partial charge in [0.25, 0.3) is 11.6 Å². The first-order valence-electron chi connectivity index (χ1n) is 6.58. The van der Waals surface area contributed by atoms with Crippen molar-refractivity contribution in [3.8, 4) is 17.2 Å². The number of nitrogens with one attached hydrogen (secondary N) is 1. The highest BCUT2D eigenvalue weighted by Gasteiger charge is 2.12. The van der Waals surface area contributed by atoms with Crippen LogP contribution in [0, 0.1) is 10.1 Å². The largest absolute Gasteiger partial charge is 0.865 e. The molecule has 2 N–H and O–H groups in total. The Morgan fingerprint density at radius 3 is 2.58 bits per heavy atom. The van der Waals surface area contributed by atoms with Gasteiger partial charge in [0, 0.05) is 22.9 Å². The third kappa shape index (κ3) is 3.77. The normalized spacial score (nSPS) is 10.5. The Hall–Kier alpha value is -3.62. The van der Waals surface area contributed by atoms with Gasteiger partial charge in [-0.1, -0.05) is 0 Å². The average molecular weight is 330 g/mol. The lowest BCUT2D eigenvalue weighted by Crippen LogP contribution is -2.17. The van der Waals surface area contributed by atoms with Gasteiger partial charge in [-0.15, -0.1) is 0 Å². The molecule has 9 nitrogen and oxygen atoms in total. The van der Waals surface area contributed by atoms with Crippen LogP contribution in [-0.2, 0) is 0 Å². The number of hydrazone groups is 1. The molecule has 0 bridgehead atoms. The predicted molar refractivity (Wildman–Crippen MR) is 82.3 cm³/mol. The highest BCUT2D eigenvalue weighted by atomic mass is 16.6. The van der Waals surface area contributed by atoms with Crippen LogP contribution in [0.25, 0.3) is 0 Å². The maximum absolute atomic E-state index is 11.8. The summed E-state index contributed by atoms with van der Waals surface area (Å²) in [5, 5.41) is 35.4. The van der Waals surface area contributed by atoms with Gasteiger partial charge in [-0.25, -0.2) is 5.43 Å². The van der Waals surface area contributed by atoms with E-state index < -0.39 is 22.3 Å². The molecule has 0 heterocycles. The molecule has 0 saturated carbocycles. The number of phenolic OH excluding ortho intramolecular Hbond substituents is 1. The fourth-order valence-electron chi connectivity index (χ4n) is 1.81. The Kier molecular flexibility index (Phi) is 4.95. The molecular weight excluding hydrogens is 318 g/mol. The summed E-state index contributed by atoms with van der Waals surface area (Å²) in [4.78, 5) is 21.8. The van der Waals surface area contributed by atoms with Crippen molar-refractivity contribution in [2.24, 2.45) is 5.10 Å². The van der Waals surface area contributed by atoms with Crippen LogP contribution in [0.5, 0.6) is 17.2 Å². The average Bonchev–Trinajstić information content (AvgIpc) is 2.56. The lowest BCUT2D eigenvalue weighted by atomic mass is 10.2. The van der Waals surface area contributed by atoms with Crippen LogP contribution < -0.4 is 15.3 Å². The smallest absolute Gasteiger partial charge is 0.271 e. The van der Waals surface area contributed by atoms with Crippen molar-refractivity contribution in [1.29, 1.82) is 0 Å². The van der Waals surface area contributed by atoms with E-state index in [1.54, 1.807) is 0 Å². The molecule has 24 heavy (non-hydrogen) atoms. The van der Waals surface area contributed by atoms with Gasteiger partial charge in [-0.05, 0) is 30.3 Å². The van der Waals surface area contributed by atoms with Gasteiger partial charge < -0.3 is 14.9 Å². The number of nitro benzene ring substituents is 1. The first kappa shape index (κ1) is 16.7. The van der Waals surface area contributed by atoms with Crippen LogP contribution in [0.2, 0.25) is 0 Å². The minimum absolute atomic E-state index is 0.0205. The summed E-state index contributed by atoms with van der Waals surface area (Å²) in [6.07, 6.45) is 1.15. The number of methoxy groups -OCH3 is 1. The Morgan fingerprint density at radius 2 is 2.00 bits per heavy atom. The van der Waals surface area contributed by atoms with Crippen molar-refractivity contribution in [1.82, 2.24) is 5.43 Å². The molecule has 0 unspecified atom stereocenters. The molecule has 0 atom stereocenters. The van der Waals surface area contributed by atoms with E-state index in [2.05, 4.69) is 10.5 Å². The van der Waals surface area contributed by atoms with Crippen LogP contribution in [0.4, 0.5) is 5.69 Å². The maximum Gasteiger partial charge on any atom is 0.271 e. The molecular formula is C15H12N3O6-. The standard InChI is InChI=1S/C15H13N3O6/c1-24-13-7-9(6-12(14(13)20)18(22)23)8-16-17-15(21)10-2-4-11(19)5-3-10/h2-8,19-20H,1H3,(H,17,21)/p-1/b16-8+. The summed E-state index contributed by atoms with van der Waals surface area (Å²) in [6.45, 7) is 0. The SMILES string of the molecule is COc1cc(/C=N/NC(=O)c2ccc(O)cc2)cc([N+](=O)[O-])c1[O-]. The van der Waals surface area contributed by atoms with Crippen LogP contribution in [0.15, 0.2) is 41.5 Å². The number of carbonyl (C=O) groups is 1. The molecule has 2 aromatic carbocycles. The van der Waals surface area contributed by atoms with Gasteiger partial charge in [-0.2, -0.15) is 5.10 Å². The number of hydrogen-bond donors (Lipinski definition) is 2. The molecule has 0 saturated heterocycles. The molecule has 0 aliphatic rings. The van der Waals surface area contributed by atoms with E-state index in [1.807, 2.05) is 0 Å². The van der Waals surface area contributed by atoms with Crippen molar-refractivity contribution in [2.75, 3.05) is 7.11 Å². The van der Waals surface area contributed by atoms with Crippen LogP contribution in [0.1, 0.15) is 15.9 Å². The van der Waals surface area contributed by atoms with E-state index in [-0.39, 0.29) is 22.6 Å². The second-order valence-electron chi connectivity index (χ2n) is 4.57. The Morgan fingerprint density at radius 1 is 1.33 bits per heavy atom. The third-order valence-corrected chi connectivity index (χ3v) is 2.98. The first-order valence-corrected chi connectivity index (χ1v) is 6.58. The zero-order valence-electron chi connectivity index (χ0n) is 12.4. The fourth-order valence-corrected chi connectivity index (χ4v) is 1.81. The summed E-state index contributed by atoms with van der Waals surface area (Å²) in [5.74, 6) is -1.55. The van der Waals surface area contributed by atoms with E-state index in [0.29, 0.717) is 0 Å². The monoisotopic (exact) mass is 330 g/mol. The number of hydrogen-bond acceptors (Lipinski definition) is 7. The second-order valence-corrected chi connectivity index (χ2v) is 4.57. The summed E-state index contributed by atoms with van der Waals surface area (Å²) in [6, 6.07) is 7.80. The fraction of sp³-hybridized carbons (Fsp3) is 0.0667. The van der Waals surface area contributed by atoms with Crippen LogP contribution in [-0.4, -0.2) is 29.3 Å². The Balaban J connectivity index is 2.16. The van der Waals surface area contributed by atoms with Crippen molar-refractivity contribution in [3.05, 3.63) is 57.6 Å². The minimum Gasteiger partial charge on any atom is -0.865 e. The van der Waals surface area contributed by atoms with Crippen LogP contribution in [0.3, 0.4) is 0 Å². The lowest BCUT2D eigenvalue weighted by Gasteiger charge is -2.12. The number of nitro groups is 1. The third-order valence-electron chi connectivity index (χ3n) is 2.98. The predicted octanol–water partition coefficient (Wildman–Crippen LogP) is 1.15. The number of rotatable bonds is 5. The highest BCUT2D eigenvalue weighted by Crippen LogP contribution is 2.33. The van der Waals surface area contributed by atoms with E-state index in [4.69, 9.17) is 9.84 Å². The summed E-state index contributed by atoms with van der Waals surface area (Å²) in [7, 11) is 1.22. The number of ether oxygens (including phenoxy) is 1. The number of aromatic hydroxyl groups is 1. The van der Waals surface area contributed by atoms with Gasteiger partial charge in [0.15, 0.2) is 0 Å². The highest BCUT2D eigenvalue weighted by molar-refractivity contribution is 5.95. The topological polar surface area (TPSA) is 137 Å². The van der Waals surface area contributed by atoms with E-state index in [1.165, 1.54) is 37.4 Å². The number of benzene rings is 2. The van der Waals surface area contributed by atoms with Crippen LogP contribution >= 0.6 is 0 Å². The van der Waals surface area contributed by atoms with E-state index in [9.17, 15) is 20.0 Å². The quantitative estimate of drug-likeness (QED) is 0.479. The van der Waals surface area contributed by atoms with Crippen molar-refractivity contribution in [3.63, 3.8) is 0 Å². The zero-order chi connectivity index (χ0) is 17.7. The summed E-state index contributed by atoms with van der Waals surface area (Å²) < 4.78 is 4.79. The Labute approximate surface area is 136 Å². The molecule has 2 rings (SSSR count). The number of phenols is 1. The molecule has 2 aromatic rings.